The van der Waals surface area contributed by atoms with Crippen molar-refractivity contribution in [3.05, 3.63) is 69.7 Å². The van der Waals surface area contributed by atoms with E-state index >= 15 is 0 Å². The van der Waals surface area contributed by atoms with Crippen LogP contribution in [0.5, 0.6) is 0 Å². The van der Waals surface area contributed by atoms with Crippen molar-refractivity contribution >= 4 is 23.5 Å². The molecule has 0 unspecified atom stereocenters. The Balaban J connectivity index is 1.64. The number of carbonyl (C=O) groups excluding carboxylic acids is 1. The number of carboxylic acids is 1. The normalized spacial score (nSPS) is 13.5. The number of amides is 1. The molecule has 24 heavy (non-hydrogen) atoms. The lowest BCUT2D eigenvalue weighted by atomic mass is 9.98. The molecule has 124 valence electrons. The molecule has 0 bridgehead atoms. The molecule has 4 nitrogen and oxygen atoms in total. The van der Waals surface area contributed by atoms with Crippen LogP contribution >= 0.6 is 11.6 Å². The highest BCUT2D eigenvalue weighted by Gasteiger charge is 2.21. The zero-order valence-electron chi connectivity index (χ0n) is 13.2. The lowest BCUT2D eigenvalue weighted by Crippen LogP contribution is -2.36. The quantitative estimate of drug-likeness (QED) is 0.923. The Morgan fingerprint density at radius 3 is 2.71 bits per heavy atom. The molecule has 5 heteroatoms. The molecule has 0 atom stereocenters. The fraction of sp³-hybridized carbons (Fsp3) is 0.263. The zero-order chi connectivity index (χ0) is 17.1. The van der Waals surface area contributed by atoms with Gasteiger partial charge in [-0.1, -0.05) is 35.9 Å². The summed E-state index contributed by atoms with van der Waals surface area (Å²) in [7, 11) is 0. The van der Waals surface area contributed by atoms with Crippen LogP contribution in [0.15, 0.2) is 42.5 Å². The molecular weight excluding hydrogens is 326 g/mol. The molecule has 0 saturated carbocycles. The Morgan fingerprint density at radius 2 is 1.92 bits per heavy atom. The van der Waals surface area contributed by atoms with Gasteiger partial charge in [-0.2, -0.15) is 0 Å². The maximum atomic E-state index is 12.5. The largest absolute Gasteiger partial charge is 0.478 e. The predicted octanol–water partition coefficient (Wildman–Crippen LogP) is 3.56. The molecule has 0 spiro atoms. The first-order valence-corrected chi connectivity index (χ1v) is 8.28. The number of nitrogens with zero attached hydrogens (tertiary/aromatic N) is 1. The van der Waals surface area contributed by atoms with Crippen LogP contribution in [0, 0.1) is 0 Å². The second-order valence-electron chi connectivity index (χ2n) is 5.94. The Kier molecular flexibility index (Phi) is 4.86. The third-order valence-electron chi connectivity index (χ3n) is 4.39. The van der Waals surface area contributed by atoms with Gasteiger partial charge in [0.25, 0.3) is 0 Å². The van der Waals surface area contributed by atoms with Crippen LogP contribution in [0.25, 0.3) is 0 Å². The van der Waals surface area contributed by atoms with Crippen LogP contribution in [0.1, 0.15) is 33.5 Å². The monoisotopic (exact) mass is 343 g/mol. The fourth-order valence-corrected chi connectivity index (χ4v) is 3.28. The van der Waals surface area contributed by atoms with Gasteiger partial charge in [-0.15, -0.1) is 0 Å². The summed E-state index contributed by atoms with van der Waals surface area (Å²) in [5.74, 6) is -0.905. The summed E-state index contributed by atoms with van der Waals surface area (Å²) in [5.41, 5.74) is 3.29. The molecular formula is C19H18ClNO3. The Labute approximate surface area is 145 Å². The summed E-state index contributed by atoms with van der Waals surface area (Å²) in [5, 5.41) is 9.93. The molecule has 2 aromatic carbocycles. The number of hydrogen-bond donors (Lipinski definition) is 1. The van der Waals surface area contributed by atoms with Gasteiger partial charge in [0, 0.05) is 24.5 Å². The number of hydrogen-bond acceptors (Lipinski definition) is 2. The summed E-state index contributed by atoms with van der Waals surface area (Å²) in [4.78, 5) is 25.5. The summed E-state index contributed by atoms with van der Waals surface area (Å²) in [6, 6.07) is 12.6. The molecule has 0 fully saturated rings. The van der Waals surface area contributed by atoms with Gasteiger partial charge in [-0.05, 0) is 47.7 Å². The van der Waals surface area contributed by atoms with Gasteiger partial charge >= 0.3 is 5.97 Å². The van der Waals surface area contributed by atoms with Crippen molar-refractivity contribution in [2.45, 2.75) is 25.8 Å². The van der Waals surface area contributed by atoms with E-state index in [-0.39, 0.29) is 11.5 Å². The minimum Gasteiger partial charge on any atom is -0.478 e. The van der Waals surface area contributed by atoms with Crippen LogP contribution < -0.4 is 0 Å². The summed E-state index contributed by atoms with van der Waals surface area (Å²) in [6.45, 7) is 1.26. The number of aryl methyl sites for hydroxylation is 1. The van der Waals surface area contributed by atoms with Crippen molar-refractivity contribution in [3.8, 4) is 0 Å². The molecule has 3 rings (SSSR count). The Hall–Kier alpha value is -2.33. The van der Waals surface area contributed by atoms with Gasteiger partial charge in [-0.25, -0.2) is 4.79 Å². The van der Waals surface area contributed by atoms with E-state index < -0.39 is 5.97 Å². The average Bonchev–Trinajstić information content (AvgIpc) is 2.59. The van der Waals surface area contributed by atoms with E-state index in [2.05, 4.69) is 0 Å². The first-order valence-electron chi connectivity index (χ1n) is 7.91. The maximum Gasteiger partial charge on any atom is 0.335 e. The molecule has 1 heterocycles. The molecule has 0 aromatic heterocycles. The molecule has 0 aliphatic carbocycles. The van der Waals surface area contributed by atoms with Gasteiger partial charge in [0.05, 0.1) is 5.56 Å². The summed E-state index contributed by atoms with van der Waals surface area (Å²) < 4.78 is 0. The SMILES string of the molecule is O=C(O)c1ccccc1CCC(=O)N1CCc2cc(Cl)ccc2C1. The Morgan fingerprint density at radius 1 is 1.12 bits per heavy atom. The third kappa shape index (κ3) is 3.60. The van der Waals surface area contributed by atoms with Crippen molar-refractivity contribution in [3.63, 3.8) is 0 Å². The predicted molar refractivity (Wildman–Crippen MR) is 92.3 cm³/mol. The second kappa shape index (κ2) is 7.05. The standard InChI is InChI=1S/C19H18ClNO3/c20-16-7-5-15-12-21(10-9-14(15)11-16)18(22)8-6-13-3-1-2-4-17(13)19(23)24/h1-5,7,11H,6,8-10,12H2,(H,23,24). The van der Waals surface area contributed by atoms with Gasteiger partial charge in [0.1, 0.15) is 0 Å². The molecule has 1 aliphatic heterocycles. The van der Waals surface area contributed by atoms with E-state index in [1.807, 2.05) is 23.1 Å². The summed E-state index contributed by atoms with van der Waals surface area (Å²) in [6.07, 6.45) is 1.55. The molecule has 2 aromatic rings. The highest BCUT2D eigenvalue weighted by atomic mass is 35.5. The van der Waals surface area contributed by atoms with Crippen LogP contribution in [0.3, 0.4) is 0 Å². The van der Waals surface area contributed by atoms with Gasteiger partial charge in [0.2, 0.25) is 5.91 Å². The first-order chi connectivity index (χ1) is 11.5. The number of aromatic carboxylic acids is 1. The van der Waals surface area contributed by atoms with Crippen LogP contribution in [-0.4, -0.2) is 28.4 Å². The smallest absolute Gasteiger partial charge is 0.335 e. The second-order valence-corrected chi connectivity index (χ2v) is 6.38. The number of benzene rings is 2. The van der Waals surface area contributed by atoms with Crippen LogP contribution in [-0.2, 0) is 24.2 Å². The Bertz CT molecular complexity index is 788. The lowest BCUT2D eigenvalue weighted by Gasteiger charge is -2.29. The number of carboxylic acid groups (broad SMARTS) is 1. The number of fused-ring (bicyclic) bond motifs is 1. The molecule has 0 saturated heterocycles. The number of carbonyl (C=O) groups is 2. The van der Waals surface area contributed by atoms with Crippen LogP contribution in [0.2, 0.25) is 5.02 Å². The highest BCUT2D eigenvalue weighted by Crippen LogP contribution is 2.23. The molecule has 0 radical (unpaired) electrons. The van der Waals surface area contributed by atoms with Gasteiger partial charge in [-0.3, -0.25) is 4.79 Å². The molecule has 1 amide bonds. The topological polar surface area (TPSA) is 57.6 Å². The minimum absolute atomic E-state index is 0.0517. The van der Waals surface area contributed by atoms with Crippen LogP contribution in [0.4, 0.5) is 0 Å². The van der Waals surface area contributed by atoms with Crippen molar-refractivity contribution in [2.75, 3.05) is 6.54 Å². The van der Waals surface area contributed by atoms with E-state index in [0.29, 0.717) is 31.5 Å². The molecule has 1 aliphatic rings. The van der Waals surface area contributed by atoms with E-state index in [4.69, 9.17) is 11.6 Å². The average molecular weight is 344 g/mol. The van der Waals surface area contributed by atoms with Gasteiger partial charge < -0.3 is 10.0 Å². The van der Waals surface area contributed by atoms with Crippen molar-refractivity contribution < 1.29 is 14.7 Å². The van der Waals surface area contributed by atoms with Crippen molar-refractivity contribution in [1.82, 2.24) is 4.90 Å². The third-order valence-corrected chi connectivity index (χ3v) is 4.62. The van der Waals surface area contributed by atoms with Gasteiger partial charge in [0.15, 0.2) is 0 Å². The molecule has 1 N–H and O–H groups in total. The van der Waals surface area contributed by atoms with E-state index in [9.17, 15) is 14.7 Å². The minimum atomic E-state index is -0.957. The lowest BCUT2D eigenvalue weighted by molar-refractivity contribution is -0.132. The van der Waals surface area contributed by atoms with E-state index in [1.165, 1.54) is 5.56 Å². The van der Waals surface area contributed by atoms with E-state index in [0.717, 1.165) is 17.0 Å². The number of halogens is 1. The summed E-state index contributed by atoms with van der Waals surface area (Å²) >= 11 is 6.01. The first kappa shape index (κ1) is 16.5. The van der Waals surface area contributed by atoms with Crippen molar-refractivity contribution in [2.24, 2.45) is 0 Å². The number of rotatable bonds is 4. The maximum absolute atomic E-state index is 12.5. The van der Waals surface area contributed by atoms with E-state index in [1.54, 1.807) is 24.3 Å². The highest BCUT2D eigenvalue weighted by molar-refractivity contribution is 6.30. The fourth-order valence-electron chi connectivity index (χ4n) is 3.08. The zero-order valence-corrected chi connectivity index (χ0v) is 13.9. The van der Waals surface area contributed by atoms with Crippen molar-refractivity contribution in [1.29, 1.82) is 0 Å².